The smallest absolute Gasteiger partial charge is 0.379 e. The maximum atomic E-state index is 14.1. The van der Waals surface area contributed by atoms with E-state index in [2.05, 4.69) is 21.0 Å². The zero-order chi connectivity index (χ0) is 29.6. The molecule has 4 rings (SSSR count). The Balaban J connectivity index is 1.90. The lowest BCUT2D eigenvalue weighted by Crippen LogP contribution is -2.54. The second-order valence-electron chi connectivity index (χ2n) is 10.2. The number of carbonyl (C=O) groups excluding carboxylic acids is 2. The first kappa shape index (κ1) is 30.0. The molecule has 1 aliphatic rings. The van der Waals surface area contributed by atoms with E-state index in [4.69, 9.17) is 10.00 Å². The maximum absolute atomic E-state index is 14.1. The van der Waals surface area contributed by atoms with Crippen LogP contribution in [0.1, 0.15) is 62.4 Å². The van der Waals surface area contributed by atoms with Crippen LogP contribution in [0.3, 0.4) is 0 Å². The lowest BCUT2D eigenvalue weighted by Gasteiger charge is -2.39. The zero-order valence-corrected chi connectivity index (χ0v) is 24.2. The van der Waals surface area contributed by atoms with Crippen LogP contribution in [-0.2, 0) is 16.1 Å². The molecule has 1 aromatic carbocycles. The SMILES string of the molecule is CCn1cc(/C(CCCCC#N)=N/OC(=O)[N+](=O)[O-])c2cc(C(=O)C(C)(C)N3CCOCC3)cc(-c3cccs3)c21. The summed E-state index contributed by atoms with van der Waals surface area (Å²) in [5, 5.41) is 26.5. The van der Waals surface area contributed by atoms with E-state index in [-0.39, 0.29) is 5.78 Å². The number of morpholine rings is 1. The Morgan fingerprint density at radius 1 is 1.27 bits per heavy atom. The lowest BCUT2D eigenvalue weighted by molar-refractivity contribution is -0.396. The number of thiophene rings is 1. The maximum Gasteiger partial charge on any atom is 0.683 e. The summed E-state index contributed by atoms with van der Waals surface area (Å²) in [6.45, 7) is 8.88. The summed E-state index contributed by atoms with van der Waals surface area (Å²) < 4.78 is 7.54. The van der Waals surface area contributed by atoms with Crippen LogP contribution in [0, 0.1) is 21.4 Å². The van der Waals surface area contributed by atoms with Gasteiger partial charge in [-0.2, -0.15) is 10.1 Å². The molecule has 0 bridgehead atoms. The number of aromatic nitrogens is 1. The number of aryl methyl sites for hydroxylation is 1. The van der Waals surface area contributed by atoms with Gasteiger partial charge in [0.15, 0.2) is 5.78 Å². The van der Waals surface area contributed by atoms with E-state index in [0.717, 1.165) is 21.3 Å². The zero-order valence-electron chi connectivity index (χ0n) is 23.4. The molecule has 216 valence electrons. The Morgan fingerprint density at radius 2 is 2.02 bits per heavy atom. The van der Waals surface area contributed by atoms with Crippen molar-refractivity contribution in [2.75, 3.05) is 26.3 Å². The number of ketones is 1. The van der Waals surface area contributed by atoms with Crippen LogP contribution in [0.25, 0.3) is 21.3 Å². The average Bonchev–Trinajstić information content (AvgIpc) is 3.65. The highest BCUT2D eigenvalue weighted by molar-refractivity contribution is 7.13. The van der Waals surface area contributed by atoms with Crippen LogP contribution >= 0.6 is 11.3 Å². The van der Waals surface area contributed by atoms with Crippen molar-refractivity contribution in [3.63, 3.8) is 0 Å². The molecule has 1 saturated heterocycles. The predicted octanol–water partition coefficient (Wildman–Crippen LogP) is 5.88. The number of rotatable bonds is 11. The Kier molecular flexibility index (Phi) is 9.65. The number of hydrogen-bond donors (Lipinski definition) is 0. The number of nitriles is 1. The third-order valence-corrected chi connectivity index (χ3v) is 8.27. The molecular formula is C29H33N5O6S. The Bertz CT molecular complexity index is 1500. The first-order chi connectivity index (χ1) is 19.7. The Morgan fingerprint density at radius 3 is 2.66 bits per heavy atom. The van der Waals surface area contributed by atoms with Crippen LogP contribution in [0.5, 0.6) is 0 Å². The van der Waals surface area contributed by atoms with Gasteiger partial charge in [0.1, 0.15) is 4.92 Å². The summed E-state index contributed by atoms with van der Waals surface area (Å²) >= 11 is 1.56. The first-order valence-electron chi connectivity index (χ1n) is 13.6. The van der Waals surface area contributed by atoms with E-state index >= 15 is 0 Å². The highest BCUT2D eigenvalue weighted by Gasteiger charge is 2.36. The number of ether oxygens (including phenoxy) is 1. The summed E-state index contributed by atoms with van der Waals surface area (Å²) in [5.74, 6) is -0.0402. The molecule has 11 nitrogen and oxygen atoms in total. The molecule has 0 atom stereocenters. The molecule has 3 heterocycles. The number of benzene rings is 1. The molecule has 12 heteroatoms. The minimum atomic E-state index is -1.68. The lowest BCUT2D eigenvalue weighted by atomic mass is 9.88. The van der Waals surface area contributed by atoms with Gasteiger partial charge in [-0.25, -0.2) is 0 Å². The molecular weight excluding hydrogens is 546 g/mol. The third kappa shape index (κ3) is 6.53. The van der Waals surface area contributed by atoms with Crippen molar-refractivity contribution in [3.8, 4) is 16.5 Å². The summed E-state index contributed by atoms with van der Waals surface area (Å²) in [5.41, 5.74) is 2.47. The van der Waals surface area contributed by atoms with Gasteiger partial charge in [-0.15, -0.1) is 11.3 Å². The number of Topliss-reactive ketones (excluding diaryl/α,β-unsaturated/α-hetero) is 1. The van der Waals surface area contributed by atoms with Crippen molar-refractivity contribution in [1.82, 2.24) is 9.47 Å². The molecule has 2 aromatic heterocycles. The minimum absolute atomic E-state index is 0.0402. The van der Waals surface area contributed by atoms with Gasteiger partial charge in [0.25, 0.3) is 0 Å². The van der Waals surface area contributed by atoms with E-state index in [1.807, 2.05) is 61.2 Å². The molecule has 0 saturated carbocycles. The van der Waals surface area contributed by atoms with Crippen molar-refractivity contribution in [2.45, 2.75) is 58.5 Å². The minimum Gasteiger partial charge on any atom is -0.379 e. The number of amides is 1. The monoisotopic (exact) mass is 579 g/mol. The van der Waals surface area contributed by atoms with E-state index in [0.29, 0.717) is 75.4 Å². The third-order valence-electron chi connectivity index (χ3n) is 7.37. The van der Waals surface area contributed by atoms with Crippen LogP contribution < -0.4 is 0 Å². The second kappa shape index (κ2) is 13.2. The second-order valence-corrected chi connectivity index (χ2v) is 11.2. The molecule has 1 fully saturated rings. The average molecular weight is 580 g/mol. The highest BCUT2D eigenvalue weighted by Crippen LogP contribution is 2.38. The summed E-state index contributed by atoms with van der Waals surface area (Å²) in [6.07, 6.45) is 2.01. The standard InChI is InChI=1S/C29H33N5O6S/c1-4-32-19-23(24(9-6-5-7-11-30)31-40-28(36)34(37)38)21-17-20(18-22(26(21)32)25-10-8-16-41-25)27(35)29(2,3)33-12-14-39-15-13-33/h8,10,16-19H,4-7,9,12-15H2,1-3H3/b31-24+. The van der Waals surface area contributed by atoms with Gasteiger partial charge in [0, 0.05) is 59.2 Å². The molecule has 1 amide bonds. The van der Waals surface area contributed by atoms with Crippen LogP contribution in [0.4, 0.5) is 4.79 Å². The van der Waals surface area contributed by atoms with Gasteiger partial charge in [0.2, 0.25) is 0 Å². The topological polar surface area (TPSA) is 140 Å². The number of oxime groups is 1. The normalized spacial score (nSPS) is 14.6. The fourth-order valence-electron chi connectivity index (χ4n) is 5.14. The van der Waals surface area contributed by atoms with Crippen LogP contribution in [0.15, 0.2) is 41.0 Å². The molecule has 1 aliphatic heterocycles. The van der Waals surface area contributed by atoms with Crippen LogP contribution in [0.2, 0.25) is 0 Å². The number of carbonyl (C=O) groups is 2. The van der Waals surface area contributed by atoms with Gasteiger partial charge in [-0.1, -0.05) is 11.2 Å². The van der Waals surface area contributed by atoms with Crippen molar-refractivity contribution >= 4 is 39.8 Å². The first-order valence-corrected chi connectivity index (χ1v) is 14.4. The molecule has 0 N–H and O–H groups in total. The van der Waals surface area contributed by atoms with Crippen molar-refractivity contribution in [2.24, 2.45) is 5.16 Å². The summed E-state index contributed by atoms with van der Waals surface area (Å²) in [6, 6.07) is 9.85. The fourth-order valence-corrected chi connectivity index (χ4v) is 5.89. The van der Waals surface area contributed by atoms with Crippen molar-refractivity contribution in [1.29, 1.82) is 5.26 Å². The van der Waals surface area contributed by atoms with Gasteiger partial charge < -0.3 is 9.30 Å². The highest BCUT2D eigenvalue weighted by atomic mass is 32.1. The fraction of sp³-hybridized carbons (Fsp3) is 0.448. The molecule has 0 unspecified atom stereocenters. The van der Waals surface area contributed by atoms with Gasteiger partial charge >= 0.3 is 6.09 Å². The largest absolute Gasteiger partial charge is 0.683 e. The van der Waals surface area contributed by atoms with Crippen molar-refractivity contribution in [3.05, 3.63) is 57.1 Å². The molecule has 0 aliphatic carbocycles. The van der Waals surface area contributed by atoms with E-state index in [1.54, 1.807) is 11.3 Å². The summed E-state index contributed by atoms with van der Waals surface area (Å²) in [7, 11) is 0. The van der Waals surface area contributed by atoms with E-state index in [1.165, 1.54) is 0 Å². The van der Waals surface area contributed by atoms with E-state index < -0.39 is 16.6 Å². The molecule has 41 heavy (non-hydrogen) atoms. The van der Waals surface area contributed by atoms with Gasteiger partial charge in [-0.05, 0) is 63.6 Å². The number of nitrogens with zero attached hydrogens (tertiary/aromatic N) is 5. The van der Waals surface area contributed by atoms with Crippen LogP contribution in [-0.4, -0.2) is 63.8 Å². The number of unbranched alkanes of at least 4 members (excludes halogenated alkanes) is 2. The Hall–Kier alpha value is -3.92. The molecule has 3 aromatic rings. The van der Waals surface area contributed by atoms with E-state index in [9.17, 15) is 19.7 Å². The quantitative estimate of drug-likeness (QED) is 0.0684. The number of nitro groups is 1. The predicted molar refractivity (Wildman–Crippen MR) is 156 cm³/mol. The Labute approximate surface area is 242 Å². The van der Waals surface area contributed by atoms with Gasteiger partial charge in [-0.3, -0.25) is 24.6 Å². The number of fused-ring (bicyclic) bond motifs is 1. The molecule has 0 radical (unpaired) electrons. The molecule has 0 spiro atoms. The van der Waals surface area contributed by atoms with Crippen molar-refractivity contribution < 1.29 is 24.1 Å². The van der Waals surface area contributed by atoms with Gasteiger partial charge in [0.05, 0.1) is 36.1 Å². The number of hydrogen-bond acceptors (Lipinski definition) is 10. The summed E-state index contributed by atoms with van der Waals surface area (Å²) in [4.78, 5) is 43.3.